The molecule has 0 fully saturated rings. The number of benzene rings is 1. The third kappa shape index (κ3) is 3.22. The van der Waals surface area contributed by atoms with Gasteiger partial charge >= 0.3 is 0 Å². The largest absolute Gasteiger partial charge is 0.486 e. The van der Waals surface area contributed by atoms with E-state index in [-0.39, 0.29) is 0 Å². The van der Waals surface area contributed by atoms with E-state index < -0.39 is 0 Å². The summed E-state index contributed by atoms with van der Waals surface area (Å²) >= 11 is 0. The van der Waals surface area contributed by atoms with Gasteiger partial charge in [-0.25, -0.2) is 9.97 Å². The lowest BCUT2D eigenvalue weighted by atomic mass is 10.1. The normalized spacial score (nSPS) is 12.9. The van der Waals surface area contributed by atoms with Crippen LogP contribution in [0.3, 0.4) is 0 Å². The highest BCUT2D eigenvalue weighted by Gasteiger charge is 2.19. The molecule has 0 atom stereocenters. The third-order valence-electron chi connectivity index (χ3n) is 4.70. The molecule has 29 heavy (non-hydrogen) atoms. The monoisotopic (exact) mass is 389 g/mol. The molecule has 0 saturated heterocycles. The predicted octanol–water partition coefficient (Wildman–Crippen LogP) is 4.07. The molecule has 0 radical (unpaired) electrons. The molecule has 8 heteroatoms. The van der Waals surface area contributed by atoms with Gasteiger partial charge in [0.25, 0.3) is 5.89 Å². The van der Waals surface area contributed by atoms with Crippen LogP contribution < -0.4 is 14.8 Å². The average Bonchev–Trinajstić information content (AvgIpc) is 3.23. The number of fused-ring (bicyclic) bond motifs is 2. The molecule has 1 aliphatic rings. The molecule has 1 aliphatic heterocycles. The number of hydrogen-bond donors (Lipinski definition) is 1. The summed E-state index contributed by atoms with van der Waals surface area (Å²) in [6.07, 6.45) is 2.40. The molecule has 3 aromatic heterocycles. The quantitative estimate of drug-likeness (QED) is 0.558. The fourth-order valence-electron chi connectivity index (χ4n) is 3.24. The number of aryl methyl sites for hydroxylation is 2. The van der Waals surface area contributed by atoms with Crippen molar-refractivity contribution < 1.29 is 14.0 Å². The fourth-order valence-corrected chi connectivity index (χ4v) is 3.24. The lowest BCUT2D eigenvalue weighted by Gasteiger charge is -2.20. The minimum atomic E-state index is 0.414. The van der Waals surface area contributed by atoms with Gasteiger partial charge in [0.2, 0.25) is 0 Å². The van der Waals surface area contributed by atoms with E-state index in [0.29, 0.717) is 48.3 Å². The summed E-state index contributed by atoms with van der Waals surface area (Å²) in [5.41, 5.74) is 3.90. The van der Waals surface area contributed by atoms with Crippen molar-refractivity contribution in [1.82, 2.24) is 20.1 Å². The van der Waals surface area contributed by atoms with E-state index in [1.54, 1.807) is 6.20 Å². The van der Waals surface area contributed by atoms with Crippen molar-refractivity contribution >= 4 is 22.4 Å². The third-order valence-corrected chi connectivity index (χ3v) is 4.70. The minimum Gasteiger partial charge on any atom is -0.486 e. The zero-order chi connectivity index (χ0) is 19.8. The molecule has 4 aromatic rings. The topological polar surface area (TPSA) is 95.2 Å². The molecule has 0 bridgehead atoms. The molecule has 8 nitrogen and oxygen atoms in total. The highest BCUT2D eigenvalue weighted by Crippen LogP contribution is 2.38. The molecule has 0 saturated carbocycles. The SMILES string of the molecule is CCc1noc(-c2cnc3nc(C)ccc3c2Nc2ccc3c(c2)OCCO3)n1. The summed E-state index contributed by atoms with van der Waals surface area (Å²) in [6.45, 7) is 5.01. The molecule has 5 rings (SSSR count). The first kappa shape index (κ1) is 17.4. The first-order valence-corrected chi connectivity index (χ1v) is 9.47. The maximum atomic E-state index is 5.71. The van der Waals surface area contributed by atoms with Crippen LogP contribution in [0.1, 0.15) is 18.4 Å². The molecular formula is C21H19N5O3. The van der Waals surface area contributed by atoms with Crippen molar-refractivity contribution in [2.45, 2.75) is 20.3 Å². The first-order valence-electron chi connectivity index (χ1n) is 9.47. The molecule has 0 amide bonds. The number of ether oxygens (including phenoxy) is 2. The van der Waals surface area contributed by atoms with Crippen molar-refractivity contribution in [3.8, 4) is 23.0 Å². The Labute approximate surface area is 166 Å². The average molecular weight is 389 g/mol. The van der Waals surface area contributed by atoms with Gasteiger partial charge in [-0.2, -0.15) is 4.98 Å². The molecule has 146 valence electrons. The number of pyridine rings is 2. The zero-order valence-electron chi connectivity index (χ0n) is 16.1. The van der Waals surface area contributed by atoms with Crippen molar-refractivity contribution in [3.63, 3.8) is 0 Å². The number of rotatable bonds is 4. The molecule has 1 N–H and O–H groups in total. The van der Waals surface area contributed by atoms with Gasteiger partial charge in [0.15, 0.2) is 23.0 Å². The van der Waals surface area contributed by atoms with Gasteiger partial charge in [0.1, 0.15) is 13.2 Å². The van der Waals surface area contributed by atoms with Crippen molar-refractivity contribution in [3.05, 3.63) is 48.0 Å². The van der Waals surface area contributed by atoms with E-state index in [4.69, 9.17) is 14.0 Å². The summed E-state index contributed by atoms with van der Waals surface area (Å²) in [6, 6.07) is 9.69. The van der Waals surface area contributed by atoms with Crippen molar-refractivity contribution in [1.29, 1.82) is 0 Å². The highest BCUT2D eigenvalue weighted by atomic mass is 16.6. The van der Waals surface area contributed by atoms with Gasteiger partial charge in [-0.05, 0) is 31.2 Å². The minimum absolute atomic E-state index is 0.414. The Bertz CT molecular complexity index is 1200. The van der Waals surface area contributed by atoms with Crippen LogP contribution in [0.15, 0.2) is 41.1 Å². The maximum absolute atomic E-state index is 5.71. The van der Waals surface area contributed by atoms with E-state index in [1.807, 2.05) is 44.2 Å². The first-order chi connectivity index (χ1) is 14.2. The van der Waals surface area contributed by atoms with Gasteiger partial charge in [-0.15, -0.1) is 0 Å². The number of hydrogen-bond acceptors (Lipinski definition) is 8. The summed E-state index contributed by atoms with van der Waals surface area (Å²) in [5.74, 6) is 2.51. The Morgan fingerprint density at radius 1 is 1.03 bits per heavy atom. The lowest BCUT2D eigenvalue weighted by molar-refractivity contribution is 0.171. The van der Waals surface area contributed by atoms with Gasteiger partial charge in [-0.3, -0.25) is 0 Å². The number of nitrogens with one attached hydrogen (secondary N) is 1. The number of anilines is 2. The molecule has 1 aromatic carbocycles. The van der Waals surface area contributed by atoms with E-state index >= 15 is 0 Å². The van der Waals surface area contributed by atoms with Gasteiger partial charge in [0.05, 0.1) is 11.3 Å². The summed E-state index contributed by atoms with van der Waals surface area (Å²) in [4.78, 5) is 13.5. The van der Waals surface area contributed by atoms with Crippen LogP contribution in [0, 0.1) is 6.92 Å². The van der Waals surface area contributed by atoms with E-state index in [2.05, 4.69) is 25.4 Å². The summed E-state index contributed by atoms with van der Waals surface area (Å²) in [7, 11) is 0. The molecule has 0 aliphatic carbocycles. The van der Waals surface area contributed by atoms with Crippen LogP contribution in [0.4, 0.5) is 11.4 Å². The second-order valence-corrected chi connectivity index (χ2v) is 6.72. The predicted molar refractivity (Wildman–Crippen MR) is 108 cm³/mol. The van der Waals surface area contributed by atoms with Gasteiger partial charge in [-0.1, -0.05) is 12.1 Å². The van der Waals surface area contributed by atoms with E-state index in [0.717, 1.165) is 28.2 Å². The van der Waals surface area contributed by atoms with Gasteiger partial charge in [0, 0.05) is 35.5 Å². The van der Waals surface area contributed by atoms with Crippen LogP contribution in [0.25, 0.3) is 22.5 Å². The zero-order valence-corrected chi connectivity index (χ0v) is 16.1. The summed E-state index contributed by atoms with van der Waals surface area (Å²) in [5, 5.41) is 8.35. The van der Waals surface area contributed by atoms with Crippen molar-refractivity contribution in [2.75, 3.05) is 18.5 Å². The molecule has 4 heterocycles. The van der Waals surface area contributed by atoms with E-state index in [9.17, 15) is 0 Å². The van der Waals surface area contributed by atoms with Crippen molar-refractivity contribution in [2.24, 2.45) is 0 Å². The maximum Gasteiger partial charge on any atom is 0.261 e. The lowest BCUT2D eigenvalue weighted by Crippen LogP contribution is -2.15. The second-order valence-electron chi connectivity index (χ2n) is 6.72. The number of aromatic nitrogens is 4. The Hall–Kier alpha value is -3.68. The van der Waals surface area contributed by atoms with Crippen LogP contribution in [0.2, 0.25) is 0 Å². The Morgan fingerprint density at radius 2 is 1.90 bits per heavy atom. The molecule has 0 spiro atoms. The van der Waals surface area contributed by atoms with Crippen LogP contribution >= 0.6 is 0 Å². The Morgan fingerprint density at radius 3 is 2.72 bits per heavy atom. The van der Waals surface area contributed by atoms with Crippen LogP contribution in [0.5, 0.6) is 11.5 Å². The van der Waals surface area contributed by atoms with Gasteiger partial charge < -0.3 is 19.3 Å². The standard InChI is InChI=1S/C21H19N5O3/c1-3-18-25-21(29-26-18)15-11-22-20-14(6-4-12(2)23-20)19(15)24-13-5-7-16-17(10-13)28-9-8-27-16/h4-7,10-11H,3,8-9H2,1-2H3,(H,22,23,24). The smallest absolute Gasteiger partial charge is 0.261 e. The molecular weight excluding hydrogens is 370 g/mol. The Balaban J connectivity index is 1.64. The number of nitrogens with zero attached hydrogens (tertiary/aromatic N) is 4. The van der Waals surface area contributed by atoms with Crippen LogP contribution in [-0.4, -0.2) is 33.3 Å². The summed E-state index contributed by atoms with van der Waals surface area (Å²) < 4.78 is 16.8. The highest BCUT2D eigenvalue weighted by molar-refractivity contribution is 5.98. The second kappa shape index (κ2) is 7.05. The molecule has 0 unspecified atom stereocenters. The fraction of sp³-hybridized carbons (Fsp3) is 0.238. The Kier molecular flexibility index (Phi) is 4.23. The van der Waals surface area contributed by atoms with E-state index in [1.165, 1.54) is 0 Å². The van der Waals surface area contributed by atoms with Crippen LogP contribution in [-0.2, 0) is 6.42 Å².